The summed E-state index contributed by atoms with van der Waals surface area (Å²) < 4.78 is 14.7. The Morgan fingerprint density at radius 2 is 2.05 bits per heavy atom. The lowest BCUT2D eigenvalue weighted by Gasteiger charge is -2.19. The third-order valence-electron chi connectivity index (χ3n) is 2.68. The lowest BCUT2D eigenvalue weighted by Crippen LogP contribution is -2.16. The second kappa shape index (κ2) is 6.37. The molecular formula is C14H12BrClFNO. The fourth-order valence-corrected chi connectivity index (χ4v) is 2.36. The van der Waals surface area contributed by atoms with E-state index < -0.39 is 11.9 Å². The van der Waals surface area contributed by atoms with Gasteiger partial charge in [-0.3, -0.25) is 0 Å². The van der Waals surface area contributed by atoms with Crippen molar-refractivity contribution in [2.45, 2.75) is 6.04 Å². The minimum atomic E-state index is -0.548. The van der Waals surface area contributed by atoms with Crippen molar-refractivity contribution >= 4 is 33.2 Å². The van der Waals surface area contributed by atoms with E-state index in [1.54, 1.807) is 0 Å². The molecule has 0 saturated carbocycles. The first-order valence-corrected chi connectivity index (χ1v) is 6.85. The number of rotatable bonds is 4. The lowest BCUT2D eigenvalue weighted by atomic mass is 10.1. The van der Waals surface area contributed by atoms with Crippen LogP contribution in [0.2, 0.25) is 5.02 Å². The summed E-state index contributed by atoms with van der Waals surface area (Å²) in [5.74, 6) is -0.397. The average Bonchev–Trinajstić information content (AvgIpc) is 2.39. The molecule has 0 saturated heterocycles. The van der Waals surface area contributed by atoms with Gasteiger partial charge in [0.2, 0.25) is 0 Å². The number of halogens is 3. The Labute approximate surface area is 124 Å². The number of nitrogens with one attached hydrogen (secondary N) is 1. The Hall–Kier alpha value is -1.10. The van der Waals surface area contributed by atoms with E-state index in [1.165, 1.54) is 18.2 Å². The zero-order valence-corrected chi connectivity index (χ0v) is 12.2. The Morgan fingerprint density at radius 3 is 2.74 bits per heavy atom. The molecule has 2 N–H and O–H groups in total. The van der Waals surface area contributed by atoms with E-state index >= 15 is 0 Å². The number of hydrogen-bond acceptors (Lipinski definition) is 2. The molecule has 0 heterocycles. The van der Waals surface area contributed by atoms with E-state index in [4.69, 9.17) is 11.6 Å². The van der Waals surface area contributed by atoms with Gasteiger partial charge in [0.15, 0.2) is 0 Å². The summed E-state index contributed by atoms with van der Waals surface area (Å²) in [5.41, 5.74) is 1.13. The molecule has 1 atom stereocenters. The molecule has 5 heteroatoms. The van der Waals surface area contributed by atoms with Crippen molar-refractivity contribution in [3.8, 4) is 0 Å². The van der Waals surface area contributed by atoms with Gasteiger partial charge < -0.3 is 10.4 Å². The molecule has 1 unspecified atom stereocenters. The first kappa shape index (κ1) is 14.3. The summed E-state index contributed by atoms with van der Waals surface area (Å²) in [4.78, 5) is 0. The van der Waals surface area contributed by atoms with Crippen molar-refractivity contribution in [3.05, 3.63) is 63.3 Å². The molecule has 2 nitrogen and oxygen atoms in total. The standard InChI is InChI=1S/C14H12BrClFNO/c15-9-2-1-3-11(6-9)18-14(8-19)12-7-10(16)4-5-13(12)17/h1-7,14,18-19H,8H2. The Balaban J connectivity index is 2.27. The van der Waals surface area contributed by atoms with Crippen LogP contribution in [0, 0.1) is 5.82 Å². The lowest BCUT2D eigenvalue weighted by molar-refractivity contribution is 0.274. The van der Waals surface area contributed by atoms with Gasteiger partial charge in [-0.05, 0) is 36.4 Å². The molecule has 0 bridgehead atoms. The fourth-order valence-electron chi connectivity index (χ4n) is 1.78. The summed E-state index contributed by atoms with van der Waals surface area (Å²) in [6, 6.07) is 11.2. The maximum Gasteiger partial charge on any atom is 0.128 e. The van der Waals surface area contributed by atoms with Crippen molar-refractivity contribution in [2.75, 3.05) is 11.9 Å². The first-order chi connectivity index (χ1) is 9.10. The highest BCUT2D eigenvalue weighted by Gasteiger charge is 2.15. The van der Waals surface area contributed by atoms with Crippen molar-refractivity contribution in [1.82, 2.24) is 0 Å². The van der Waals surface area contributed by atoms with Gasteiger partial charge in [0.25, 0.3) is 0 Å². The normalized spacial score (nSPS) is 12.2. The van der Waals surface area contributed by atoms with Crippen LogP contribution in [-0.2, 0) is 0 Å². The van der Waals surface area contributed by atoms with E-state index in [-0.39, 0.29) is 6.61 Å². The van der Waals surface area contributed by atoms with Gasteiger partial charge >= 0.3 is 0 Å². The van der Waals surface area contributed by atoms with Gasteiger partial charge in [0.05, 0.1) is 12.6 Å². The summed E-state index contributed by atoms with van der Waals surface area (Å²) >= 11 is 9.22. The van der Waals surface area contributed by atoms with Gasteiger partial charge in [-0.1, -0.05) is 33.6 Å². The molecular weight excluding hydrogens is 333 g/mol. The number of anilines is 1. The Kier molecular flexibility index (Phi) is 4.80. The van der Waals surface area contributed by atoms with Crippen LogP contribution in [0.3, 0.4) is 0 Å². The molecule has 2 aromatic rings. The summed E-state index contributed by atoms with van der Waals surface area (Å²) in [6.45, 7) is -0.232. The molecule has 0 aliphatic rings. The number of benzene rings is 2. The molecule has 0 aromatic heterocycles. The van der Waals surface area contributed by atoms with Gasteiger partial charge in [-0.2, -0.15) is 0 Å². The summed E-state index contributed by atoms with van der Waals surface area (Å²) in [7, 11) is 0. The number of aliphatic hydroxyl groups is 1. The average molecular weight is 345 g/mol. The molecule has 0 radical (unpaired) electrons. The van der Waals surface area contributed by atoms with Gasteiger partial charge in [-0.25, -0.2) is 4.39 Å². The van der Waals surface area contributed by atoms with Crippen LogP contribution in [0.1, 0.15) is 11.6 Å². The molecule has 0 spiro atoms. The minimum absolute atomic E-state index is 0.232. The number of aliphatic hydroxyl groups excluding tert-OH is 1. The largest absolute Gasteiger partial charge is 0.394 e. The smallest absolute Gasteiger partial charge is 0.128 e. The van der Waals surface area contributed by atoms with Crippen molar-refractivity contribution in [1.29, 1.82) is 0 Å². The first-order valence-electron chi connectivity index (χ1n) is 5.68. The van der Waals surface area contributed by atoms with Crippen molar-refractivity contribution in [3.63, 3.8) is 0 Å². The summed E-state index contributed by atoms with van der Waals surface area (Å²) in [6.07, 6.45) is 0. The molecule has 19 heavy (non-hydrogen) atoms. The molecule has 2 aromatic carbocycles. The molecule has 0 fully saturated rings. The molecule has 0 aliphatic heterocycles. The second-order valence-corrected chi connectivity index (χ2v) is 5.41. The maximum absolute atomic E-state index is 13.8. The third kappa shape index (κ3) is 3.69. The van der Waals surface area contributed by atoms with Crippen LogP contribution < -0.4 is 5.32 Å². The monoisotopic (exact) mass is 343 g/mol. The maximum atomic E-state index is 13.8. The van der Waals surface area contributed by atoms with Crippen molar-refractivity contribution < 1.29 is 9.50 Å². The zero-order chi connectivity index (χ0) is 13.8. The predicted octanol–water partition coefficient (Wildman–Crippen LogP) is 4.39. The van der Waals surface area contributed by atoms with E-state index in [0.29, 0.717) is 10.6 Å². The van der Waals surface area contributed by atoms with E-state index in [9.17, 15) is 9.50 Å². The fraction of sp³-hybridized carbons (Fsp3) is 0.143. The van der Waals surface area contributed by atoms with Crippen LogP contribution in [0.5, 0.6) is 0 Å². The highest BCUT2D eigenvalue weighted by atomic mass is 79.9. The van der Waals surface area contributed by atoms with Crippen LogP contribution in [0.25, 0.3) is 0 Å². The SMILES string of the molecule is OCC(Nc1cccc(Br)c1)c1cc(Cl)ccc1F. The van der Waals surface area contributed by atoms with Gasteiger partial charge in [-0.15, -0.1) is 0 Å². The highest BCUT2D eigenvalue weighted by molar-refractivity contribution is 9.10. The van der Waals surface area contributed by atoms with Gasteiger partial charge in [0, 0.05) is 20.7 Å². The topological polar surface area (TPSA) is 32.3 Å². The van der Waals surface area contributed by atoms with E-state index in [1.807, 2.05) is 24.3 Å². The van der Waals surface area contributed by atoms with Crippen LogP contribution in [0.15, 0.2) is 46.9 Å². The van der Waals surface area contributed by atoms with Crippen LogP contribution >= 0.6 is 27.5 Å². The predicted molar refractivity (Wildman–Crippen MR) is 79.0 cm³/mol. The van der Waals surface area contributed by atoms with Gasteiger partial charge in [0.1, 0.15) is 5.82 Å². The quantitative estimate of drug-likeness (QED) is 0.862. The van der Waals surface area contributed by atoms with E-state index in [2.05, 4.69) is 21.2 Å². The minimum Gasteiger partial charge on any atom is -0.394 e. The molecule has 2 rings (SSSR count). The zero-order valence-electron chi connectivity index (χ0n) is 9.91. The third-order valence-corrected chi connectivity index (χ3v) is 3.41. The summed E-state index contributed by atoms with van der Waals surface area (Å²) in [5, 5.41) is 13.0. The molecule has 100 valence electrons. The van der Waals surface area contributed by atoms with Crippen molar-refractivity contribution in [2.24, 2.45) is 0 Å². The van der Waals surface area contributed by atoms with Crippen LogP contribution in [-0.4, -0.2) is 11.7 Å². The number of hydrogen-bond donors (Lipinski definition) is 2. The molecule has 0 aliphatic carbocycles. The van der Waals surface area contributed by atoms with E-state index in [0.717, 1.165) is 10.2 Å². The second-order valence-electron chi connectivity index (χ2n) is 4.06. The van der Waals surface area contributed by atoms with Crippen LogP contribution in [0.4, 0.5) is 10.1 Å². The highest BCUT2D eigenvalue weighted by Crippen LogP contribution is 2.25. The Bertz CT molecular complexity index is 579. The Morgan fingerprint density at radius 1 is 1.26 bits per heavy atom. The molecule has 0 amide bonds.